The quantitative estimate of drug-likeness (QED) is 0.462. The second-order valence-corrected chi connectivity index (χ2v) is 6.38. The first-order chi connectivity index (χ1) is 13.2. The average molecular weight is 364 g/mol. The minimum Gasteiger partial charge on any atom is -0.404 e. The third-order valence-electron chi connectivity index (χ3n) is 4.59. The number of nitrogens with two attached hydrogens (primary N) is 2. The van der Waals surface area contributed by atoms with Crippen molar-refractivity contribution in [1.82, 2.24) is 10.3 Å². The molecular weight excluding hydrogens is 340 g/mol. The van der Waals surface area contributed by atoms with E-state index in [9.17, 15) is 4.79 Å². The molecule has 6 N–H and O–H groups in total. The molecule has 140 valence electrons. The Balaban J connectivity index is 1.84. The number of piperidine rings is 1. The molecule has 0 bridgehead atoms. The highest BCUT2D eigenvalue weighted by molar-refractivity contribution is 6.10. The molecule has 0 atom stereocenters. The third kappa shape index (κ3) is 4.71. The number of amides is 1. The molecule has 1 aromatic carbocycles. The first-order valence-electron chi connectivity index (χ1n) is 8.93. The molecule has 0 saturated carbocycles. The normalized spacial score (nSPS) is 15.8. The molecule has 0 aliphatic carbocycles. The molecule has 1 fully saturated rings. The van der Waals surface area contributed by atoms with Gasteiger partial charge in [-0.1, -0.05) is 12.1 Å². The number of anilines is 2. The Bertz CT molecular complexity index is 838. The van der Waals surface area contributed by atoms with Crippen molar-refractivity contribution in [2.45, 2.75) is 18.9 Å². The Labute approximate surface area is 158 Å². The second-order valence-electron chi connectivity index (χ2n) is 6.38. The summed E-state index contributed by atoms with van der Waals surface area (Å²) in [5.41, 5.74) is 16.0. The van der Waals surface area contributed by atoms with Gasteiger partial charge >= 0.3 is 0 Å². The molecule has 27 heavy (non-hydrogen) atoms. The van der Waals surface area contributed by atoms with E-state index in [-0.39, 0.29) is 0 Å². The summed E-state index contributed by atoms with van der Waals surface area (Å²) in [6, 6.07) is 9.68. The zero-order chi connectivity index (χ0) is 19.1. The fraction of sp³-hybridized carbons (Fsp3) is 0.250. The summed E-state index contributed by atoms with van der Waals surface area (Å²) in [6.45, 7) is 1.98. The van der Waals surface area contributed by atoms with Crippen molar-refractivity contribution >= 4 is 29.7 Å². The Hall–Kier alpha value is -3.19. The first kappa shape index (κ1) is 18.6. The number of benzene rings is 1. The molecule has 7 heteroatoms. The van der Waals surface area contributed by atoms with Gasteiger partial charge in [0.1, 0.15) is 5.82 Å². The fourth-order valence-corrected chi connectivity index (χ4v) is 3.03. The maximum atomic E-state index is 10.5. The van der Waals surface area contributed by atoms with Crippen molar-refractivity contribution in [3.8, 4) is 11.1 Å². The predicted molar refractivity (Wildman–Crippen MR) is 110 cm³/mol. The predicted octanol–water partition coefficient (Wildman–Crippen LogP) is 2.02. The van der Waals surface area contributed by atoms with Crippen LogP contribution in [-0.2, 0) is 4.79 Å². The number of hydrogen-bond acceptors (Lipinski definition) is 6. The fourth-order valence-electron chi connectivity index (χ4n) is 3.03. The van der Waals surface area contributed by atoms with E-state index < -0.39 is 0 Å². The van der Waals surface area contributed by atoms with Gasteiger partial charge in [0.2, 0.25) is 6.41 Å². The Morgan fingerprint density at radius 2 is 2.00 bits per heavy atom. The topological polar surface area (TPSA) is 118 Å². The van der Waals surface area contributed by atoms with Crippen molar-refractivity contribution in [2.75, 3.05) is 24.1 Å². The molecule has 3 rings (SSSR count). The molecule has 1 aliphatic rings. The van der Waals surface area contributed by atoms with Crippen LogP contribution in [0.2, 0.25) is 0 Å². The van der Waals surface area contributed by atoms with Crippen LogP contribution in [0.1, 0.15) is 18.4 Å². The zero-order valence-electron chi connectivity index (χ0n) is 15.1. The number of pyridine rings is 1. The summed E-state index contributed by atoms with van der Waals surface area (Å²) in [6.07, 6.45) is 7.77. The van der Waals surface area contributed by atoms with E-state index in [4.69, 9.17) is 11.5 Å². The minimum absolute atomic E-state index is 0.320. The van der Waals surface area contributed by atoms with Crippen LogP contribution in [0.4, 0.5) is 11.5 Å². The number of nitrogens with zero attached hydrogens (tertiary/aromatic N) is 2. The van der Waals surface area contributed by atoms with Gasteiger partial charge < -0.3 is 22.1 Å². The molecule has 2 heterocycles. The molecule has 0 radical (unpaired) electrons. The highest BCUT2D eigenvalue weighted by Crippen LogP contribution is 2.28. The number of nitrogens with one attached hydrogen (secondary N) is 2. The standard InChI is InChI=1S/C20H24N6O/c21-10-16(12-24-18-5-7-23-8-6-18)15-9-19(20(22)25-11-15)14-1-3-17(4-2-14)26-13-27/h1-4,9-13,18,23H,5-8,21H2,(H2,22,25)(H,26,27)/b16-10+,24-12?. The molecule has 1 saturated heterocycles. The second kappa shape index (κ2) is 8.95. The van der Waals surface area contributed by atoms with Crippen LogP contribution in [0, 0.1) is 0 Å². The van der Waals surface area contributed by atoms with Crippen LogP contribution in [0.15, 0.2) is 47.7 Å². The lowest BCUT2D eigenvalue weighted by Gasteiger charge is -2.18. The van der Waals surface area contributed by atoms with Gasteiger partial charge in [-0.25, -0.2) is 4.98 Å². The van der Waals surface area contributed by atoms with Crippen LogP contribution < -0.4 is 22.1 Å². The van der Waals surface area contributed by atoms with Gasteiger partial charge in [0.05, 0.1) is 6.04 Å². The number of aromatic nitrogens is 1. The van der Waals surface area contributed by atoms with Crippen LogP contribution in [0.25, 0.3) is 16.7 Å². The van der Waals surface area contributed by atoms with Gasteiger partial charge in [-0.2, -0.15) is 0 Å². The highest BCUT2D eigenvalue weighted by Gasteiger charge is 2.12. The Morgan fingerprint density at radius 1 is 1.26 bits per heavy atom. The lowest BCUT2D eigenvalue weighted by molar-refractivity contribution is -0.105. The van der Waals surface area contributed by atoms with Crippen molar-refractivity contribution < 1.29 is 4.79 Å². The summed E-state index contributed by atoms with van der Waals surface area (Å²) < 4.78 is 0. The molecule has 0 unspecified atom stereocenters. The number of nitrogen functional groups attached to an aromatic ring is 1. The van der Waals surface area contributed by atoms with E-state index in [0.29, 0.717) is 24.0 Å². The van der Waals surface area contributed by atoms with Crippen LogP contribution >= 0.6 is 0 Å². The van der Waals surface area contributed by atoms with E-state index in [1.54, 1.807) is 12.4 Å². The third-order valence-corrected chi connectivity index (χ3v) is 4.59. The van der Waals surface area contributed by atoms with Gasteiger partial charge in [0.15, 0.2) is 0 Å². The number of carbonyl (C=O) groups excluding carboxylic acids is 1. The summed E-state index contributed by atoms with van der Waals surface area (Å²) in [5.74, 6) is 0.432. The molecule has 0 spiro atoms. The molecule has 1 aromatic heterocycles. The number of carbonyl (C=O) groups is 1. The number of hydrogen-bond donors (Lipinski definition) is 4. The molecular formula is C20H24N6O. The first-order valence-corrected chi connectivity index (χ1v) is 8.93. The zero-order valence-corrected chi connectivity index (χ0v) is 15.1. The maximum absolute atomic E-state index is 10.5. The molecule has 1 amide bonds. The van der Waals surface area contributed by atoms with Crippen LogP contribution in [-0.4, -0.2) is 36.7 Å². The van der Waals surface area contributed by atoms with Gasteiger partial charge in [-0.15, -0.1) is 0 Å². The van der Waals surface area contributed by atoms with Crippen molar-refractivity contribution in [2.24, 2.45) is 10.7 Å². The van der Waals surface area contributed by atoms with E-state index in [1.807, 2.05) is 36.5 Å². The van der Waals surface area contributed by atoms with Crippen LogP contribution in [0.5, 0.6) is 0 Å². The maximum Gasteiger partial charge on any atom is 0.211 e. The van der Waals surface area contributed by atoms with Crippen LogP contribution in [0.3, 0.4) is 0 Å². The monoisotopic (exact) mass is 364 g/mol. The highest BCUT2D eigenvalue weighted by atomic mass is 16.1. The number of aliphatic imine (C=N–C) groups is 1. The summed E-state index contributed by atoms with van der Waals surface area (Å²) in [5, 5.41) is 5.94. The van der Waals surface area contributed by atoms with Crippen molar-refractivity contribution in [1.29, 1.82) is 0 Å². The largest absolute Gasteiger partial charge is 0.404 e. The van der Waals surface area contributed by atoms with E-state index in [1.165, 1.54) is 0 Å². The Kier molecular flexibility index (Phi) is 6.17. The number of allylic oxidation sites excluding steroid dienone is 1. The minimum atomic E-state index is 0.320. The smallest absolute Gasteiger partial charge is 0.211 e. The summed E-state index contributed by atoms with van der Waals surface area (Å²) in [4.78, 5) is 19.5. The van der Waals surface area contributed by atoms with Crippen molar-refractivity contribution in [3.05, 3.63) is 48.3 Å². The van der Waals surface area contributed by atoms with E-state index in [0.717, 1.165) is 48.2 Å². The molecule has 7 nitrogen and oxygen atoms in total. The van der Waals surface area contributed by atoms with E-state index >= 15 is 0 Å². The Morgan fingerprint density at radius 3 is 2.67 bits per heavy atom. The lowest BCUT2D eigenvalue weighted by Crippen LogP contribution is -2.29. The van der Waals surface area contributed by atoms with Gasteiger partial charge in [0.25, 0.3) is 0 Å². The SMILES string of the molecule is N/C=C(\C=NC1CCNCC1)c1cnc(N)c(-c2ccc(NC=O)cc2)c1. The lowest BCUT2D eigenvalue weighted by atomic mass is 10.0. The number of rotatable bonds is 6. The average Bonchev–Trinajstić information content (AvgIpc) is 2.71. The molecule has 1 aliphatic heterocycles. The molecule has 2 aromatic rings. The summed E-state index contributed by atoms with van der Waals surface area (Å²) in [7, 11) is 0. The van der Waals surface area contributed by atoms with Crippen molar-refractivity contribution in [3.63, 3.8) is 0 Å². The van der Waals surface area contributed by atoms with E-state index in [2.05, 4.69) is 20.6 Å². The van der Waals surface area contributed by atoms with Gasteiger partial charge in [0, 0.05) is 41.0 Å². The van der Waals surface area contributed by atoms with Gasteiger partial charge in [-0.05, 0) is 49.7 Å². The summed E-state index contributed by atoms with van der Waals surface area (Å²) >= 11 is 0. The van der Waals surface area contributed by atoms with Gasteiger partial charge in [-0.3, -0.25) is 9.79 Å².